The smallest absolute Gasteiger partial charge is 0.348 e. The van der Waals surface area contributed by atoms with Gasteiger partial charge in [0, 0.05) is 11.4 Å². The number of hydrogen-bond donors (Lipinski definition) is 0. The fourth-order valence-electron chi connectivity index (χ4n) is 1.37. The van der Waals surface area contributed by atoms with Crippen molar-refractivity contribution < 1.29 is 4.74 Å². The molecule has 0 spiro atoms. The van der Waals surface area contributed by atoms with Crippen LogP contribution in [-0.4, -0.2) is 22.3 Å². The van der Waals surface area contributed by atoms with Crippen LogP contribution in [0, 0.1) is 13.8 Å². The zero-order chi connectivity index (χ0) is 9.42. The Balaban J connectivity index is 2.36. The molecule has 1 fully saturated rings. The summed E-state index contributed by atoms with van der Waals surface area (Å²) >= 11 is 0. The third kappa shape index (κ3) is 1.78. The van der Waals surface area contributed by atoms with Crippen LogP contribution in [0.25, 0.3) is 0 Å². The van der Waals surface area contributed by atoms with Gasteiger partial charge in [-0.15, -0.1) is 0 Å². The van der Waals surface area contributed by atoms with E-state index in [0.29, 0.717) is 6.54 Å². The first-order valence-corrected chi connectivity index (χ1v) is 4.33. The highest BCUT2D eigenvalue weighted by atomic mass is 16.6. The van der Waals surface area contributed by atoms with E-state index in [1.807, 2.05) is 19.9 Å². The van der Waals surface area contributed by atoms with Crippen molar-refractivity contribution in [1.29, 1.82) is 0 Å². The van der Waals surface area contributed by atoms with E-state index < -0.39 is 0 Å². The minimum Gasteiger partial charge on any atom is -0.371 e. The van der Waals surface area contributed by atoms with Gasteiger partial charge in [0.15, 0.2) is 0 Å². The second kappa shape index (κ2) is 2.96. The van der Waals surface area contributed by atoms with Crippen molar-refractivity contribution in [3.8, 4) is 0 Å². The molecule has 1 unspecified atom stereocenters. The van der Waals surface area contributed by atoms with E-state index in [-0.39, 0.29) is 11.8 Å². The highest BCUT2D eigenvalue weighted by molar-refractivity contribution is 5.06. The second-order valence-electron chi connectivity index (χ2n) is 3.39. The van der Waals surface area contributed by atoms with Crippen LogP contribution in [0.5, 0.6) is 0 Å². The number of rotatable bonds is 2. The van der Waals surface area contributed by atoms with E-state index in [0.717, 1.165) is 18.0 Å². The van der Waals surface area contributed by atoms with Gasteiger partial charge in [-0.2, -0.15) is 4.98 Å². The molecule has 0 N–H and O–H groups in total. The number of ether oxygens (including phenoxy) is 1. The summed E-state index contributed by atoms with van der Waals surface area (Å²) in [5.74, 6) is 0. The van der Waals surface area contributed by atoms with Gasteiger partial charge in [-0.3, -0.25) is 4.57 Å². The van der Waals surface area contributed by atoms with Gasteiger partial charge in [0.25, 0.3) is 0 Å². The first-order valence-electron chi connectivity index (χ1n) is 4.33. The average molecular weight is 180 g/mol. The first-order chi connectivity index (χ1) is 6.16. The maximum Gasteiger partial charge on any atom is 0.348 e. The van der Waals surface area contributed by atoms with Crippen molar-refractivity contribution in [3.63, 3.8) is 0 Å². The Labute approximate surface area is 76.2 Å². The third-order valence-corrected chi connectivity index (χ3v) is 2.14. The molecule has 0 bridgehead atoms. The van der Waals surface area contributed by atoms with Crippen molar-refractivity contribution in [2.24, 2.45) is 0 Å². The van der Waals surface area contributed by atoms with Crippen molar-refractivity contribution in [1.82, 2.24) is 9.55 Å². The first kappa shape index (κ1) is 8.44. The number of aryl methyl sites for hydroxylation is 2. The predicted octanol–water partition coefficient (Wildman–Crippen LogP) is 0.259. The van der Waals surface area contributed by atoms with Crippen LogP contribution in [0.15, 0.2) is 10.9 Å². The van der Waals surface area contributed by atoms with Crippen molar-refractivity contribution in [3.05, 3.63) is 27.9 Å². The van der Waals surface area contributed by atoms with Crippen molar-refractivity contribution in [2.75, 3.05) is 6.61 Å². The van der Waals surface area contributed by atoms with Crippen LogP contribution < -0.4 is 5.69 Å². The normalized spacial score (nSPS) is 20.3. The lowest BCUT2D eigenvalue weighted by Gasteiger charge is -2.06. The largest absolute Gasteiger partial charge is 0.371 e. The van der Waals surface area contributed by atoms with Crippen molar-refractivity contribution >= 4 is 0 Å². The maximum atomic E-state index is 11.4. The van der Waals surface area contributed by atoms with Crippen LogP contribution in [0.2, 0.25) is 0 Å². The van der Waals surface area contributed by atoms with E-state index in [2.05, 4.69) is 4.98 Å². The van der Waals surface area contributed by atoms with E-state index in [4.69, 9.17) is 4.74 Å². The Morgan fingerprint density at radius 1 is 1.69 bits per heavy atom. The quantitative estimate of drug-likeness (QED) is 0.613. The zero-order valence-corrected chi connectivity index (χ0v) is 7.78. The lowest BCUT2D eigenvalue weighted by Crippen LogP contribution is -2.27. The van der Waals surface area contributed by atoms with Gasteiger partial charge in [-0.25, -0.2) is 4.79 Å². The molecule has 1 aliphatic heterocycles. The summed E-state index contributed by atoms with van der Waals surface area (Å²) in [5.41, 5.74) is 1.55. The monoisotopic (exact) mass is 180 g/mol. The summed E-state index contributed by atoms with van der Waals surface area (Å²) in [6.45, 7) is 5.14. The van der Waals surface area contributed by atoms with Gasteiger partial charge in [0.2, 0.25) is 0 Å². The molecule has 1 saturated heterocycles. The maximum absolute atomic E-state index is 11.4. The molecule has 4 nitrogen and oxygen atoms in total. The minimum absolute atomic E-state index is 0.173. The molecule has 0 aliphatic carbocycles. The summed E-state index contributed by atoms with van der Waals surface area (Å²) in [5, 5.41) is 0. The van der Waals surface area contributed by atoms with Gasteiger partial charge in [0.05, 0.1) is 19.3 Å². The number of aromatic nitrogens is 2. The molecule has 4 heteroatoms. The Bertz CT molecular complexity index is 380. The fourth-order valence-corrected chi connectivity index (χ4v) is 1.37. The summed E-state index contributed by atoms with van der Waals surface area (Å²) in [6.07, 6.45) is 0.223. The van der Waals surface area contributed by atoms with E-state index >= 15 is 0 Å². The van der Waals surface area contributed by atoms with E-state index in [1.54, 1.807) is 4.57 Å². The Morgan fingerprint density at radius 2 is 2.38 bits per heavy atom. The van der Waals surface area contributed by atoms with Gasteiger partial charge in [-0.1, -0.05) is 0 Å². The van der Waals surface area contributed by atoms with Gasteiger partial charge in [0.1, 0.15) is 0 Å². The third-order valence-electron chi connectivity index (χ3n) is 2.14. The standard InChI is InChI=1S/C9H12N2O2/c1-6-3-7(2)11(9(12)10-6)4-8-5-13-8/h3,8H,4-5H2,1-2H3. The van der Waals surface area contributed by atoms with E-state index in [9.17, 15) is 4.79 Å². The molecule has 1 atom stereocenters. The summed E-state index contributed by atoms with van der Waals surface area (Å²) in [4.78, 5) is 15.3. The lowest BCUT2D eigenvalue weighted by molar-refractivity contribution is 0.376. The van der Waals surface area contributed by atoms with Gasteiger partial charge < -0.3 is 4.74 Å². The number of hydrogen-bond acceptors (Lipinski definition) is 3. The molecule has 1 aliphatic rings. The Hall–Kier alpha value is -1.16. The molecule has 2 heterocycles. The highest BCUT2D eigenvalue weighted by Gasteiger charge is 2.23. The minimum atomic E-state index is -0.173. The van der Waals surface area contributed by atoms with Crippen LogP contribution in [-0.2, 0) is 11.3 Å². The Kier molecular flexibility index (Phi) is 1.92. The number of nitrogens with zero attached hydrogens (tertiary/aromatic N) is 2. The van der Waals surface area contributed by atoms with Gasteiger partial charge >= 0.3 is 5.69 Å². The van der Waals surface area contributed by atoms with Crippen LogP contribution in [0.1, 0.15) is 11.4 Å². The zero-order valence-electron chi connectivity index (χ0n) is 7.78. The molecule has 0 aromatic carbocycles. The Morgan fingerprint density at radius 3 is 2.92 bits per heavy atom. The highest BCUT2D eigenvalue weighted by Crippen LogP contribution is 2.11. The summed E-state index contributed by atoms with van der Waals surface area (Å²) in [6, 6.07) is 1.91. The summed E-state index contributed by atoms with van der Waals surface area (Å²) in [7, 11) is 0. The molecule has 1 aromatic heterocycles. The molecule has 2 rings (SSSR count). The molecule has 70 valence electrons. The molecule has 1 aromatic rings. The lowest BCUT2D eigenvalue weighted by atomic mass is 10.3. The van der Waals surface area contributed by atoms with Crippen LogP contribution in [0.3, 0.4) is 0 Å². The SMILES string of the molecule is Cc1cc(C)n(CC2CO2)c(=O)n1. The van der Waals surface area contributed by atoms with Crippen LogP contribution >= 0.6 is 0 Å². The van der Waals surface area contributed by atoms with Crippen LogP contribution in [0.4, 0.5) is 0 Å². The predicted molar refractivity (Wildman–Crippen MR) is 47.7 cm³/mol. The molecule has 13 heavy (non-hydrogen) atoms. The average Bonchev–Trinajstić information content (AvgIpc) is 2.79. The second-order valence-corrected chi connectivity index (χ2v) is 3.39. The van der Waals surface area contributed by atoms with Gasteiger partial charge in [-0.05, 0) is 19.9 Å². The molecule has 0 amide bonds. The molecular formula is C9H12N2O2. The fraction of sp³-hybridized carbons (Fsp3) is 0.556. The van der Waals surface area contributed by atoms with E-state index in [1.165, 1.54) is 0 Å². The summed E-state index contributed by atoms with van der Waals surface area (Å²) < 4.78 is 6.72. The number of epoxide rings is 1. The molecule has 0 radical (unpaired) electrons. The van der Waals surface area contributed by atoms with Crippen molar-refractivity contribution in [2.45, 2.75) is 26.5 Å². The molecular weight excluding hydrogens is 168 g/mol. The molecule has 0 saturated carbocycles. The topological polar surface area (TPSA) is 47.4 Å².